The van der Waals surface area contributed by atoms with E-state index in [9.17, 15) is 4.39 Å². The van der Waals surface area contributed by atoms with Gasteiger partial charge in [0.15, 0.2) is 0 Å². The van der Waals surface area contributed by atoms with Crippen molar-refractivity contribution in [3.8, 4) is 0 Å². The summed E-state index contributed by atoms with van der Waals surface area (Å²) in [6.07, 6.45) is 14.6. The van der Waals surface area contributed by atoms with E-state index in [0.717, 1.165) is 37.2 Å². The molecular formula is C19H29FO. The first-order valence-corrected chi connectivity index (χ1v) is 8.85. The molecule has 21 heavy (non-hydrogen) atoms. The van der Waals surface area contributed by atoms with E-state index in [1.54, 1.807) is 6.08 Å². The van der Waals surface area contributed by atoms with Gasteiger partial charge >= 0.3 is 0 Å². The van der Waals surface area contributed by atoms with Crippen LogP contribution >= 0.6 is 0 Å². The van der Waals surface area contributed by atoms with Crippen LogP contribution in [0.2, 0.25) is 0 Å². The van der Waals surface area contributed by atoms with Gasteiger partial charge in [-0.15, -0.1) is 6.58 Å². The minimum absolute atomic E-state index is 0.0823. The van der Waals surface area contributed by atoms with Crippen molar-refractivity contribution in [3.05, 3.63) is 24.6 Å². The summed E-state index contributed by atoms with van der Waals surface area (Å²) >= 11 is 0. The summed E-state index contributed by atoms with van der Waals surface area (Å²) in [7, 11) is 0. The first-order valence-electron chi connectivity index (χ1n) is 8.85. The molecule has 0 aromatic carbocycles. The van der Waals surface area contributed by atoms with Crippen LogP contribution < -0.4 is 0 Å². The molecule has 2 fully saturated rings. The summed E-state index contributed by atoms with van der Waals surface area (Å²) in [5.74, 6) is 3.03. The predicted molar refractivity (Wildman–Crippen MR) is 84.6 cm³/mol. The summed E-state index contributed by atoms with van der Waals surface area (Å²) in [5.41, 5.74) is 0. The lowest BCUT2D eigenvalue weighted by atomic mass is 9.73. The van der Waals surface area contributed by atoms with Crippen molar-refractivity contribution in [2.75, 3.05) is 6.61 Å². The predicted octanol–water partition coefficient (Wildman–Crippen LogP) is 5.43. The number of hydrogen-bond donors (Lipinski definition) is 0. The first kappa shape index (κ1) is 15.3. The van der Waals surface area contributed by atoms with Gasteiger partial charge in [-0.05, 0) is 81.5 Å². The SMILES string of the molecule is C=CC1CCC(C2CCC(C3CC=C(F)CC3)OC2)CC1. The molecule has 0 bridgehead atoms. The summed E-state index contributed by atoms with van der Waals surface area (Å²) in [6.45, 7) is 4.87. The average molecular weight is 292 g/mol. The van der Waals surface area contributed by atoms with Gasteiger partial charge in [-0.2, -0.15) is 0 Å². The molecule has 0 spiro atoms. The molecule has 3 atom stereocenters. The highest BCUT2D eigenvalue weighted by Gasteiger charge is 2.33. The van der Waals surface area contributed by atoms with Crippen LogP contribution in [0.5, 0.6) is 0 Å². The zero-order valence-electron chi connectivity index (χ0n) is 13.1. The third-order valence-electron chi connectivity index (χ3n) is 6.08. The number of hydrogen-bond acceptors (Lipinski definition) is 1. The molecule has 0 aromatic rings. The van der Waals surface area contributed by atoms with Crippen LogP contribution in [0.15, 0.2) is 24.6 Å². The second-order valence-electron chi connectivity index (χ2n) is 7.31. The lowest BCUT2D eigenvalue weighted by Crippen LogP contribution is -2.36. The Morgan fingerprint density at radius 1 is 1.00 bits per heavy atom. The van der Waals surface area contributed by atoms with Crippen LogP contribution in [-0.4, -0.2) is 12.7 Å². The standard InChI is InChI=1S/C19H29FO/c1-2-14-3-5-15(6-4-14)17-9-12-19(21-13-17)16-7-10-18(20)11-8-16/h2,10,14-17,19H,1,3-9,11-13H2. The first-order chi connectivity index (χ1) is 10.3. The number of ether oxygens (including phenoxy) is 1. The van der Waals surface area contributed by atoms with Gasteiger partial charge < -0.3 is 4.74 Å². The molecule has 1 aliphatic heterocycles. The zero-order valence-corrected chi connectivity index (χ0v) is 13.1. The molecule has 118 valence electrons. The van der Waals surface area contributed by atoms with Crippen molar-refractivity contribution in [1.29, 1.82) is 0 Å². The van der Waals surface area contributed by atoms with Crippen LogP contribution in [0.1, 0.15) is 57.8 Å². The molecule has 0 N–H and O–H groups in total. The topological polar surface area (TPSA) is 9.23 Å². The van der Waals surface area contributed by atoms with Crippen molar-refractivity contribution in [3.63, 3.8) is 0 Å². The van der Waals surface area contributed by atoms with Gasteiger partial charge in [0.05, 0.1) is 18.5 Å². The highest BCUT2D eigenvalue weighted by atomic mass is 19.1. The Balaban J connectivity index is 1.44. The van der Waals surface area contributed by atoms with Gasteiger partial charge in [0.25, 0.3) is 0 Å². The van der Waals surface area contributed by atoms with Crippen LogP contribution in [0.4, 0.5) is 4.39 Å². The maximum Gasteiger partial charge on any atom is 0.0960 e. The van der Waals surface area contributed by atoms with Crippen molar-refractivity contribution in [1.82, 2.24) is 0 Å². The normalized spacial score (nSPS) is 41.4. The Morgan fingerprint density at radius 3 is 2.33 bits per heavy atom. The zero-order chi connectivity index (χ0) is 14.7. The van der Waals surface area contributed by atoms with Crippen LogP contribution in [0.3, 0.4) is 0 Å². The van der Waals surface area contributed by atoms with E-state index in [-0.39, 0.29) is 5.83 Å². The molecule has 3 aliphatic rings. The van der Waals surface area contributed by atoms with Gasteiger partial charge in [0.2, 0.25) is 0 Å². The summed E-state index contributed by atoms with van der Waals surface area (Å²) < 4.78 is 19.3. The van der Waals surface area contributed by atoms with Crippen molar-refractivity contribution in [2.24, 2.45) is 23.7 Å². The molecular weight excluding hydrogens is 263 g/mol. The molecule has 0 amide bonds. The second kappa shape index (κ2) is 7.09. The maximum absolute atomic E-state index is 13.1. The Hall–Kier alpha value is -0.630. The Morgan fingerprint density at radius 2 is 1.76 bits per heavy atom. The quantitative estimate of drug-likeness (QED) is 0.630. The number of allylic oxidation sites excluding steroid dienone is 3. The summed E-state index contributed by atoms with van der Waals surface area (Å²) in [4.78, 5) is 0. The highest BCUT2D eigenvalue weighted by Crippen LogP contribution is 2.40. The Kier molecular flexibility index (Phi) is 5.15. The monoisotopic (exact) mass is 292 g/mol. The molecule has 2 heteroatoms. The lowest BCUT2D eigenvalue weighted by molar-refractivity contribution is -0.0666. The Bertz CT molecular complexity index is 373. The van der Waals surface area contributed by atoms with Crippen LogP contribution in [-0.2, 0) is 4.74 Å². The minimum atomic E-state index is 0.0823. The largest absolute Gasteiger partial charge is 0.378 e. The third kappa shape index (κ3) is 3.77. The summed E-state index contributed by atoms with van der Waals surface area (Å²) in [5, 5.41) is 0. The van der Waals surface area contributed by atoms with E-state index in [2.05, 4.69) is 12.7 Å². The Labute approximate surface area is 128 Å². The van der Waals surface area contributed by atoms with Gasteiger partial charge in [-0.3, -0.25) is 0 Å². The number of halogens is 1. The highest BCUT2D eigenvalue weighted by molar-refractivity contribution is 5.00. The molecule has 3 unspecified atom stereocenters. The van der Waals surface area contributed by atoms with Crippen molar-refractivity contribution < 1.29 is 9.13 Å². The van der Waals surface area contributed by atoms with E-state index < -0.39 is 0 Å². The molecule has 1 saturated carbocycles. The van der Waals surface area contributed by atoms with Gasteiger partial charge in [-0.1, -0.05) is 12.2 Å². The van der Waals surface area contributed by atoms with Crippen LogP contribution in [0.25, 0.3) is 0 Å². The molecule has 1 saturated heterocycles. The lowest BCUT2D eigenvalue weighted by Gasteiger charge is -2.39. The molecule has 1 nitrogen and oxygen atoms in total. The minimum Gasteiger partial charge on any atom is -0.378 e. The van der Waals surface area contributed by atoms with E-state index in [4.69, 9.17) is 4.74 Å². The van der Waals surface area contributed by atoms with Crippen molar-refractivity contribution >= 4 is 0 Å². The van der Waals surface area contributed by atoms with Gasteiger partial charge in [-0.25, -0.2) is 4.39 Å². The molecule has 0 radical (unpaired) electrons. The second-order valence-corrected chi connectivity index (χ2v) is 7.31. The van der Waals surface area contributed by atoms with E-state index in [1.165, 1.54) is 38.5 Å². The maximum atomic E-state index is 13.1. The van der Waals surface area contributed by atoms with E-state index in [0.29, 0.717) is 18.4 Å². The molecule has 3 rings (SSSR count). The molecule has 2 aliphatic carbocycles. The van der Waals surface area contributed by atoms with Gasteiger partial charge in [0, 0.05) is 0 Å². The van der Waals surface area contributed by atoms with Crippen LogP contribution in [0, 0.1) is 23.7 Å². The fourth-order valence-electron chi connectivity index (χ4n) is 4.55. The fraction of sp³-hybridized carbons (Fsp3) is 0.789. The molecule has 0 aromatic heterocycles. The van der Waals surface area contributed by atoms with Gasteiger partial charge in [0.1, 0.15) is 0 Å². The third-order valence-corrected chi connectivity index (χ3v) is 6.08. The molecule has 1 heterocycles. The average Bonchev–Trinajstić information content (AvgIpc) is 2.56. The van der Waals surface area contributed by atoms with E-state index >= 15 is 0 Å². The van der Waals surface area contributed by atoms with E-state index in [1.807, 2.05) is 0 Å². The fourth-order valence-corrected chi connectivity index (χ4v) is 4.55. The number of rotatable bonds is 3. The summed E-state index contributed by atoms with van der Waals surface area (Å²) in [6, 6.07) is 0. The smallest absolute Gasteiger partial charge is 0.0960 e. The van der Waals surface area contributed by atoms with Crippen molar-refractivity contribution in [2.45, 2.75) is 63.9 Å².